The monoisotopic (exact) mass is 352 g/mol. The maximum absolute atomic E-state index is 12.6. The van der Waals surface area contributed by atoms with Gasteiger partial charge in [-0.15, -0.1) is 11.3 Å². The first-order valence-electron chi connectivity index (χ1n) is 6.50. The zero-order chi connectivity index (χ0) is 15.5. The van der Waals surface area contributed by atoms with Gasteiger partial charge in [-0.2, -0.15) is 4.31 Å². The Labute approximate surface area is 133 Å². The fourth-order valence-electron chi connectivity index (χ4n) is 2.24. The van der Waals surface area contributed by atoms with Crippen LogP contribution in [0.5, 0.6) is 0 Å². The van der Waals surface area contributed by atoms with Crippen molar-refractivity contribution in [1.82, 2.24) is 9.62 Å². The molecule has 1 aliphatic rings. The van der Waals surface area contributed by atoms with Crippen molar-refractivity contribution in [3.63, 3.8) is 0 Å². The van der Waals surface area contributed by atoms with Crippen LogP contribution in [-0.4, -0.2) is 51.5 Å². The Morgan fingerprint density at radius 1 is 1.57 bits per heavy atom. The zero-order valence-corrected chi connectivity index (χ0v) is 13.9. The highest BCUT2D eigenvalue weighted by Crippen LogP contribution is 2.32. The van der Waals surface area contributed by atoms with Crippen molar-refractivity contribution in [3.8, 4) is 0 Å². The van der Waals surface area contributed by atoms with E-state index < -0.39 is 16.1 Å². The van der Waals surface area contributed by atoms with Crippen LogP contribution in [0.25, 0.3) is 0 Å². The maximum Gasteiger partial charge on any atom is 0.253 e. The second-order valence-electron chi connectivity index (χ2n) is 4.62. The van der Waals surface area contributed by atoms with Crippen molar-refractivity contribution in [1.29, 1.82) is 0 Å². The summed E-state index contributed by atoms with van der Waals surface area (Å²) in [6.45, 7) is 1.11. The van der Waals surface area contributed by atoms with Crippen molar-refractivity contribution in [3.05, 3.63) is 16.5 Å². The molecule has 9 heteroatoms. The van der Waals surface area contributed by atoms with Crippen LogP contribution in [-0.2, 0) is 19.6 Å². The first-order chi connectivity index (χ1) is 9.96. The molecule has 1 aromatic rings. The molecule has 118 valence electrons. The van der Waals surface area contributed by atoms with Crippen LogP contribution in [0, 0.1) is 0 Å². The van der Waals surface area contributed by atoms with Crippen molar-refractivity contribution >= 4 is 38.9 Å². The molecule has 0 spiro atoms. The van der Waals surface area contributed by atoms with Crippen LogP contribution in [0.2, 0.25) is 4.34 Å². The minimum Gasteiger partial charge on any atom is -0.383 e. The predicted molar refractivity (Wildman–Crippen MR) is 81.1 cm³/mol. The first-order valence-corrected chi connectivity index (χ1v) is 9.14. The summed E-state index contributed by atoms with van der Waals surface area (Å²) >= 11 is 6.80. The molecule has 1 unspecified atom stereocenters. The van der Waals surface area contributed by atoms with Gasteiger partial charge in [0.15, 0.2) is 0 Å². The third kappa shape index (κ3) is 3.75. The van der Waals surface area contributed by atoms with Crippen LogP contribution in [0.1, 0.15) is 12.8 Å². The van der Waals surface area contributed by atoms with Gasteiger partial charge >= 0.3 is 0 Å². The van der Waals surface area contributed by atoms with Crippen molar-refractivity contribution in [2.75, 3.05) is 26.8 Å². The van der Waals surface area contributed by atoms with Crippen LogP contribution < -0.4 is 5.32 Å². The molecule has 2 heterocycles. The minimum atomic E-state index is -3.67. The number of nitrogens with zero attached hydrogens (tertiary/aromatic N) is 1. The summed E-state index contributed by atoms with van der Waals surface area (Å²) in [5.74, 6) is -0.282. The smallest absolute Gasteiger partial charge is 0.253 e. The Morgan fingerprint density at radius 3 is 2.95 bits per heavy atom. The number of thiophene rings is 1. The third-order valence-corrected chi connectivity index (χ3v) is 6.83. The molecular formula is C12H17ClN2O4S2. The van der Waals surface area contributed by atoms with Gasteiger partial charge in [0.25, 0.3) is 10.0 Å². The van der Waals surface area contributed by atoms with Crippen LogP contribution in [0.3, 0.4) is 0 Å². The van der Waals surface area contributed by atoms with Gasteiger partial charge in [0.05, 0.1) is 10.9 Å². The highest BCUT2D eigenvalue weighted by Gasteiger charge is 2.39. The summed E-state index contributed by atoms with van der Waals surface area (Å²) in [5.41, 5.74) is 0. The van der Waals surface area contributed by atoms with Gasteiger partial charge < -0.3 is 10.1 Å². The largest absolute Gasteiger partial charge is 0.383 e. The van der Waals surface area contributed by atoms with Gasteiger partial charge in [0, 0.05) is 20.2 Å². The second kappa shape index (κ2) is 7.06. The second-order valence-corrected chi connectivity index (χ2v) is 8.45. The molecule has 21 heavy (non-hydrogen) atoms. The minimum absolute atomic E-state index is 0.170. The van der Waals surface area contributed by atoms with E-state index >= 15 is 0 Å². The SMILES string of the molecule is COCCNC(=O)C1CCCN1S(=O)(=O)c1ccc(Cl)s1. The fourth-order valence-corrected chi connectivity index (χ4v) is 5.50. The Morgan fingerprint density at radius 2 is 2.33 bits per heavy atom. The third-order valence-electron chi connectivity index (χ3n) is 3.22. The molecule has 1 aromatic heterocycles. The van der Waals surface area contributed by atoms with Gasteiger partial charge in [-0.05, 0) is 25.0 Å². The van der Waals surface area contributed by atoms with Crippen LogP contribution in [0.15, 0.2) is 16.3 Å². The average Bonchev–Trinajstić information content (AvgIpc) is 3.07. The summed E-state index contributed by atoms with van der Waals surface area (Å²) < 4.78 is 31.8. The van der Waals surface area contributed by atoms with Crippen molar-refractivity contribution in [2.45, 2.75) is 23.1 Å². The molecule has 0 aliphatic carbocycles. The number of nitrogens with one attached hydrogen (secondary N) is 1. The molecule has 0 saturated carbocycles. The molecule has 1 atom stereocenters. The maximum atomic E-state index is 12.6. The number of halogens is 1. The summed E-state index contributed by atoms with van der Waals surface area (Å²) in [6.07, 6.45) is 1.19. The van der Waals surface area contributed by atoms with E-state index in [1.165, 1.54) is 10.4 Å². The Hall–Kier alpha value is -0.670. The number of hydrogen-bond acceptors (Lipinski definition) is 5. The predicted octanol–water partition coefficient (Wildman–Crippen LogP) is 1.32. The van der Waals surface area contributed by atoms with E-state index in [9.17, 15) is 13.2 Å². The molecule has 1 N–H and O–H groups in total. The van der Waals surface area contributed by atoms with E-state index in [1.807, 2.05) is 0 Å². The van der Waals surface area contributed by atoms with Gasteiger partial charge in [-0.25, -0.2) is 8.42 Å². The lowest BCUT2D eigenvalue weighted by Crippen LogP contribution is -2.46. The van der Waals surface area contributed by atoms with Gasteiger partial charge in [0.1, 0.15) is 10.3 Å². The number of rotatable bonds is 6. The number of ether oxygens (including phenoxy) is 1. The molecule has 0 bridgehead atoms. The van der Waals surface area contributed by atoms with Gasteiger partial charge in [0.2, 0.25) is 5.91 Å². The topological polar surface area (TPSA) is 75.7 Å². The Kier molecular flexibility index (Phi) is 5.61. The number of methoxy groups -OCH3 is 1. The molecule has 1 amide bonds. The molecule has 1 fully saturated rings. The lowest BCUT2D eigenvalue weighted by atomic mass is 10.2. The normalized spacial score (nSPS) is 19.8. The average molecular weight is 353 g/mol. The number of carbonyl (C=O) groups is 1. The summed E-state index contributed by atoms with van der Waals surface area (Å²) in [4.78, 5) is 12.1. The molecular weight excluding hydrogens is 336 g/mol. The van der Waals surface area contributed by atoms with E-state index in [0.29, 0.717) is 36.9 Å². The molecule has 1 aliphatic heterocycles. The van der Waals surface area contributed by atoms with Gasteiger partial charge in [-0.3, -0.25) is 4.79 Å². The van der Waals surface area contributed by atoms with Gasteiger partial charge in [-0.1, -0.05) is 11.6 Å². The van der Waals surface area contributed by atoms with E-state index in [-0.39, 0.29) is 10.1 Å². The highest BCUT2D eigenvalue weighted by molar-refractivity contribution is 7.91. The number of carbonyl (C=O) groups excluding carboxylic acids is 1. The molecule has 0 radical (unpaired) electrons. The number of hydrogen-bond donors (Lipinski definition) is 1. The van der Waals surface area contributed by atoms with Crippen molar-refractivity contribution < 1.29 is 17.9 Å². The van der Waals surface area contributed by atoms with E-state index in [1.54, 1.807) is 13.2 Å². The number of amides is 1. The summed E-state index contributed by atoms with van der Waals surface area (Å²) in [5, 5.41) is 2.69. The van der Waals surface area contributed by atoms with E-state index in [2.05, 4.69) is 5.32 Å². The highest BCUT2D eigenvalue weighted by atomic mass is 35.5. The summed E-state index contributed by atoms with van der Waals surface area (Å²) in [6, 6.07) is 2.36. The van der Waals surface area contributed by atoms with Crippen LogP contribution in [0.4, 0.5) is 0 Å². The molecule has 0 aromatic carbocycles. The number of sulfonamides is 1. The van der Waals surface area contributed by atoms with E-state index in [0.717, 1.165) is 11.3 Å². The van der Waals surface area contributed by atoms with Crippen LogP contribution >= 0.6 is 22.9 Å². The Bertz CT molecular complexity index is 602. The standard InChI is InChI=1S/C12H17ClN2O4S2/c1-19-8-6-14-12(16)9-3-2-7-15(9)21(17,18)11-5-4-10(13)20-11/h4-5,9H,2-3,6-8H2,1H3,(H,14,16). The lowest BCUT2D eigenvalue weighted by Gasteiger charge is -2.22. The first kappa shape index (κ1) is 16.7. The Balaban J connectivity index is 2.12. The molecule has 2 rings (SSSR count). The zero-order valence-electron chi connectivity index (χ0n) is 11.5. The molecule has 1 saturated heterocycles. The molecule has 6 nitrogen and oxygen atoms in total. The lowest BCUT2D eigenvalue weighted by molar-refractivity contribution is -0.124. The quantitative estimate of drug-likeness (QED) is 0.783. The fraction of sp³-hybridized carbons (Fsp3) is 0.583. The summed E-state index contributed by atoms with van der Waals surface area (Å²) in [7, 11) is -2.13. The van der Waals surface area contributed by atoms with E-state index in [4.69, 9.17) is 16.3 Å². The van der Waals surface area contributed by atoms with Crippen molar-refractivity contribution in [2.24, 2.45) is 0 Å².